The van der Waals surface area contributed by atoms with Gasteiger partial charge in [-0.3, -0.25) is 10.1 Å². The van der Waals surface area contributed by atoms with Crippen LogP contribution in [-0.2, 0) is 0 Å². The van der Waals surface area contributed by atoms with E-state index in [1.165, 1.54) is 12.1 Å². The van der Waals surface area contributed by atoms with E-state index >= 15 is 0 Å². The first kappa shape index (κ1) is 20.0. The topological polar surface area (TPSA) is 86.4 Å². The van der Waals surface area contributed by atoms with Crippen molar-refractivity contribution in [3.63, 3.8) is 0 Å². The fourth-order valence-electron chi connectivity index (χ4n) is 4.12. The molecule has 8 heteroatoms. The van der Waals surface area contributed by atoms with E-state index in [1.807, 2.05) is 55.7 Å². The molecule has 6 aromatic rings. The molecule has 0 aliphatic rings. The third-order valence-electron chi connectivity index (χ3n) is 5.88. The highest BCUT2D eigenvalue weighted by Crippen LogP contribution is 2.33. The molecule has 7 nitrogen and oxygen atoms in total. The number of hydrogen-bond donors (Lipinski definition) is 2. The molecule has 0 radical (unpaired) electrons. The number of halogens is 1. The molecule has 4 aromatic heterocycles. The Balaban J connectivity index is 1.48. The zero-order chi connectivity index (χ0) is 23.2. The van der Waals surface area contributed by atoms with Crippen molar-refractivity contribution in [2.45, 2.75) is 0 Å². The summed E-state index contributed by atoms with van der Waals surface area (Å²) in [6.45, 7) is 0. The molecule has 0 saturated heterocycles. The number of nitrogens with zero attached hydrogens (tertiary/aromatic N) is 5. The summed E-state index contributed by atoms with van der Waals surface area (Å²) >= 11 is 0. The van der Waals surface area contributed by atoms with Gasteiger partial charge in [-0.1, -0.05) is 18.2 Å². The Morgan fingerprint density at radius 2 is 1.82 bits per heavy atom. The molecule has 2 N–H and O–H groups in total. The van der Waals surface area contributed by atoms with Crippen molar-refractivity contribution >= 4 is 27.8 Å². The van der Waals surface area contributed by atoms with E-state index < -0.39 is 0 Å². The van der Waals surface area contributed by atoms with Gasteiger partial charge in [-0.05, 0) is 47.5 Å². The summed E-state index contributed by atoms with van der Waals surface area (Å²) in [5.41, 5.74) is 7.49. The fourth-order valence-corrected chi connectivity index (χ4v) is 4.12. The van der Waals surface area contributed by atoms with E-state index in [0.29, 0.717) is 22.7 Å². The van der Waals surface area contributed by atoms with Crippen LogP contribution in [0.15, 0.2) is 73.2 Å². The molecule has 166 valence electrons. The monoisotopic (exact) mass is 449 g/mol. The van der Waals surface area contributed by atoms with E-state index in [4.69, 9.17) is 4.98 Å². The van der Waals surface area contributed by atoms with Crippen LogP contribution in [-0.4, -0.2) is 44.2 Å². The summed E-state index contributed by atoms with van der Waals surface area (Å²) in [5, 5.41) is 8.55. The maximum absolute atomic E-state index is 13.8. The van der Waals surface area contributed by atoms with Gasteiger partial charge in [0.2, 0.25) is 0 Å². The van der Waals surface area contributed by atoms with E-state index in [1.54, 1.807) is 12.3 Å². The Labute approximate surface area is 194 Å². The zero-order valence-corrected chi connectivity index (χ0v) is 18.5. The Morgan fingerprint density at radius 3 is 2.68 bits per heavy atom. The minimum absolute atomic E-state index is 0.295. The van der Waals surface area contributed by atoms with Crippen LogP contribution in [0.3, 0.4) is 0 Å². The summed E-state index contributed by atoms with van der Waals surface area (Å²) in [4.78, 5) is 18.9. The molecule has 0 aliphatic heterocycles. The molecular formula is C26H20FN7. The largest absolute Gasteiger partial charge is 0.376 e. The Hall–Kier alpha value is -4.59. The van der Waals surface area contributed by atoms with E-state index in [2.05, 4.69) is 37.3 Å². The van der Waals surface area contributed by atoms with Crippen molar-refractivity contribution in [1.82, 2.24) is 30.1 Å². The van der Waals surface area contributed by atoms with Gasteiger partial charge in [-0.25, -0.2) is 14.4 Å². The van der Waals surface area contributed by atoms with Gasteiger partial charge in [0.05, 0.1) is 17.4 Å². The number of rotatable bonds is 4. The normalized spacial score (nSPS) is 11.4. The molecule has 0 bridgehead atoms. The number of aromatic nitrogens is 6. The molecule has 0 saturated carbocycles. The zero-order valence-electron chi connectivity index (χ0n) is 18.5. The Morgan fingerprint density at radius 1 is 0.912 bits per heavy atom. The summed E-state index contributed by atoms with van der Waals surface area (Å²) in [6, 6.07) is 16.5. The second-order valence-corrected chi connectivity index (χ2v) is 8.31. The van der Waals surface area contributed by atoms with Crippen molar-refractivity contribution in [2.24, 2.45) is 0 Å². The van der Waals surface area contributed by atoms with Crippen LogP contribution in [0.4, 0.5) is 10.1 Å². The number of nitrogens with one attached hydrogen (secondary N) is 2. The summed E-state index contributed by atoms with van der Waals surface area (Å²) in [5.74, 6) is 0.298. The van der Waals surface area contributed by atoms with Crippen molar-refractivity contribution in [3.8, 4) is 33.8 Å². The van der Waals surface area contributed by atoms with Crippen molar-refractivity contribution in [1.29, 1.82) is 0 Å². The summed E-state index contributed by atoms with van der Waals surface area (Å²) < 4.78 is 13.8. The van der Waals surface area contributed by atoms with E-state index in [-0.39, 0.29) is 5.82 Å². The lowest BCUT2D eigenvalue weighted by Gasteiger charge is -2.13. The molecule has 0 unspecified atom stereocenters. The highest BCUT2D eigenvalue weighted by atomic mass is 19.1. The smallest absolute Gasteiger partial charge is 0.160 e. The number of H-pyrrole nitrogens is 2. The highest BCUT2D eigenvalue weighted by Gasteiger charge is 2.17. The third kappa shape index (κ3) is 3.36. The van der Waals surface area contributed by atoms with Gasteiger partial charge in [0.1, 0.15) is 17.0 Å². The van der Waals surface area contributed by atoms with Gasteiger partial charge in [0.25, 0.3) is 0 Å². The molecular weight excluding hydrogens is 429 g/mol. The molecule has 0 fully saturated rings. The number of fused-ring (bicyclic) bond motifs is 2. The van der Waals surface area contributed by atoms with Crippen LogP contribution >= 0.6 is 0 Å². The van der Waals surface area contributed by atoms with Gasteiger partial charge in [-0.15, -0.1) is 0 Å². The number of anilines is 1. The predicted molar refractivity (Wildman–Crippen MR) is 132 cm³/mol. The Bertz CT molecular complexity index is 1670. The first-order chi connectivity index (χ1) is 16.6. The van der Waals surface area contributed by atoms with Gasteiger partial charge >= 0.3 is 0 Å². The van der Waals surface area contributed by atoms with E-state index in [0.717, 1.165) is 38.8 Å². The second kappa shape index (κ2) is 7.77. The van der Waals surface area contributed by atoms with Crippen LogP contribution in [0, 0.1) is 5.82 Å². The van der Waals surface area contributed by atoms with Crippen molar-refractivity contribution in [3.05, 3.63) is 79.0 Å². The standard InChI is InChI=1S/C26H20FN7/c1-34(2)19-11-17(13-28-14-19)15-6-7-22-21(12-15)24(33-32-22)26-30-23-20(8-9-29-25(23)31-26)16-4-3-5-18(27)10-16/h3-14H,1-2H3,(H,32,33)(H,29,30,31). The summed E-state index contributed by atoms with van der Waals surface area (Å²) in [6.07, 6.45) is 5.38. The first-order valence-corrected chi connectivity index (χ1v) is 10.8. The van der Waals surface area contributed by atoms with Crippen LogP contribution in [0.25, 0.3) is 55.8 Å². The molecule has 4 heterocycles. The minimum Gasteiger partial charge on any atom is -0.376 e. The average Bonchev–Trinajstić information content (AvgIpc) is 3.47. The molecule has 0 amide bonds. The van der Waals surface area contributed by atoms with Gasteiger partial charge < -0.3 is 9.88 Å². The van der Waals surface area contributed by atoms with Gasteiger partial charge in [0, 0.05) is 43.0 Å². The van der Waals surface area contributed by atoms with Crippen LogP contribution in [0.5, 0.6) is 0 Å². The lowest BCUT2D eigenvalue weighted by atomic mass is 10.0. The number of imidazole rings is 1. The first-order valence-electron chi connectivity index (χ1n) is 10.8. The van der Waals surface area contributed by atoms with Crippen LogP contribution < -0.4 is 4.90 Å². The molecule has 0 atom stereocenters. The second-order valence-electron chi connectivity index (χ2n) is 8.31. The van der Waals surface area contributed by atoms with Crippen LogP contribution in [0.1, 0.15) is 0 Å². The molecule has 2 aromatic carbocycles. The maximum Gasteiger partial charge on any atom is 0.160 e. The van der Waals surface area contributed by atoms with Gasteiger partial charge in [0.15, 0.2) is 11.5 Å². The highest BCUT2D eigenvalue weighted by molar-refractivity contribution is 5.97. The molecule has 0 spiro atoms. The lowest BCUT2D eigenvalue weighted by Crippen LogP contribution is -2.08. The number of pyridine rings is 2. The lowest BCUT2D eigenvalue weighted by molar-refractivity contribution is 0.628. The number of aromatic amines is 2. The summed E-state index contributed by atoms with van der Waals surface area (Å²) in [7, 11) is 3.98. The predicted octanol–water partition coefficient (Wildman–Crippen LogP) is 5.44. The average molecular weight is 449 g/mol. The van der Waals surface area contributed by atoms with E-state index in [9.17, 15) is 4.39 Å². The molecule has 6 rings (SSSR count). The fraction of sp³-hybridized carbons (Fsp3) is 0.0769. The molecule has 34 heavy (non-hydrogen) atoms. The number of hydrogen-bond acceptors (Lipinski definition) is 5. The molecule has 0 aliphatic carbocycles. The minimum atomic E-state index is -0.295. The number of benzene rings is 2. The van der Waals surface area contributed by atoms with Crippen LogP contribution in [0.2, 0.25) is 0 Å². The quantitative estimate of drug-likeness (QED) is 0.375. The maximum atomic E-state index is 13.8. The third-order valence-corrected chi connectivity index (χ3v) is 5.88. The van der Waals surface area contributed by atoms with Gasteiger partial charge in [-0.2, -0.15) is 5.10 Å². The SMILES string of the molecule is CN(C)c1cncc(-c2ccc3[nH]nc(-c4nc5c(-c6cccc(F)c6)ccnc5[nH]4)c3c2)c1. The van der Waals surface area contributed by atoms with Crippen molar-refractivity contribution < 1.29 is 4.39 Å². The Kier molecular flexibility index (Phi) is 4.58. The van der Waals surface area contributed by atoms with Crippen molar-refractivity contribution in [2.75, 3.05) is 19.0 Å².